The number of anilines is 3. The van der Waals surface area contributed by atoms with E-state index in [0.717, 1.165) is 17.1 Å². The summed E-state index contributed by atoms with van der Waals surface area (Å²) in [4.78, 5) is 2.55. The molecule has 0 fully saturated rings. The number of rotatable bonds is 4. The summed E-state index contributed by atoms with van der Waals surface area (Å²) in [5, 5.41) is 5.59. The molecule has 0 N–H and O–H groups in total. The maximum absolute atomic E-state index is 2.60. The van der Waals surface area contributed by atoms with Gasteiger partial charge in [-0.2, -0.15) is 0 Å². The Morgan fingerprint density at radius 3 is 1.86 bits per heavy atom. The number of fused-ring (bicyclic) bond motifs is 14. The highest BCUT2D eigenvalue weighted by molar-refractivity contribution is 7.01. The molecule has 300 valence electrons. The van der Waals surface area contributed by atoms with Crippen molar-refractivity contribution in [3.05, 3.63) is 240 Å². The molecule has 1 atom stereocenters. The molecule has 10 aromatic rings. The van der Waals surface area contributed by atoms with Gasteiger partial charge in [-0.05, 0) is 103 Å². The smallest absolute Gasteiger partial charge is 0.113 e. The minimum Gasteiger partial charge on any atom is -0.310 e. The standard InChI is InChI=1S/C60H46N2Si/c1-59(2)47-25-11-8-22-43(47)44-35-33-40(37-51(44)59)61(53-29-14-9-21-42(53)39-19-6-5-7-20-39)41-34-36-57-52(38-41)60(49-27-13-17-32-56(49)63(57,3)4)48-26-12-16-31-55(48)62-54-30-15-10-23-45(54)46-24-18-28-50(60)58(46)62/h5-38H,1-4H3. The van der Waals surface area contributed by atoms with E-state index in [-0.39, 0.29) is 5.41 Å². The number of para-hydroxylation sites is 4. The highest BCUT2D eigenvalue weighted by atomic mass is 28.3. The molecule has 0 saturated carbocycles. The molecule has 1 unspecified atom stereocenters. The molecule has 13 rings (SSSR count). The lowest BCUT2D eigenvalue weighted by Gasteiger charge is -2.50. The largest absolute Gasteiger partial charge is 0.310 e. The van der Waals surface area contributed by atoms with Crippen LogP contribution in [0.3, 0.4) is 0 Å². The van der Waals surface area contributed by atoms with Crippen LogP contribution in [0.5, 0.6) is 0 Å². The Balaban J connectivity index is 1.15. The van der Waals surface area contributed by atoms with Gasteiger partial charge >= 0.3 is 0 Å². The highest BCUT2D eigenvalue weighted by Gasteiger charge is 2.53. The van der Waals surface area contributed by atoms with Gasteiger partial charge in [-0.3, -0.25) is 0 Å². The molecule has 2 aliphatic heterocycles. The lowest BCUT2D eigenvalue weighted by molar-refractivity contribution is 0.660. The van der Waals surface area contributed by atoms with Crippen molar-refractivity contribution in [2.45, 2.75) is 37.8 Å². The lowest BCUT2D eigenvalue weighted by Crippen LogP contribution is -2.63. The van der Waals surface area contributed by atoms with Crippen LogP contribution < -0.4 is 15.3 Å². The molecule has 0 saturated heterocycles. The third-order valence-corrected chi connectivity index (χ3v) is 18.6. The van der Waals surface area contributed by atoms with Crippen molar-refractivity contribution < 1.29 is 0 Å². The first-order valence-electron chi connectivity index (χ1n) is 22.4. The van der Waals surface area contributed by atoms with E-state index in [2.05, 4.69) is 243 Å². The summed E-state index contributed by atoms with van der Waals surface area (Å²) in [6.45, 7) is 9.90. The summed E-state index contributed by atoms with van der Waals surface area (Å²) in [7, 11) is -2.24. The molecular weight excluding hydrogens is 777 g/mol. The molecule has 9 aromatic carbocycles. The third-order valence-electron chi connectivity index (χ3n) is 15.0. The van der Waals surface area contributed by atoms with E-state index in [0.29, 0.717) is 0 Å². The number of hydrogen-bond donors (Lipinski definition) is 0. The third kappa shape index (κ3) is 4.73. The SMILES string of the molecule is CC1(C)c2ccccc2-c2ccc(N(c3ccc4c(c3)C3(c5ccccc5-n5c6ccccc6c6cccc3c65)c3ccccc3[Si]4(C)C)c3ccccc3-c3ccccc3)cc21. The first kappa shape index (κ1) is 36.5. The molecule has 0 bridgehead atoms. The Hall–Kier alpha value is -7.20. The summed E-state index contributed by atoms with van der Waals surface area (Å²) < 4.78 is 2.55. The molecule has 0 radical (unpaired) electrons. The molecule has 1 aromatic heterocycles. The van der Waals surface area contributed by atoms with Gasteiger partial charge in [0.15, 0.2) is 0 Å². The van der Waals surface area contributed by atoms with Crippen LogP contribution in [0.25, 0.3) is 49.7 Å². The molecule has 3 heterocycles. The normalized spacial score (nSPS) is 16.9. The zero-order chi connectivity index (χ0) is 42.2. The van der Waals surface area contributed by atoms with Gasteiger partial charge in [0.2, 0.25) is 0 Å². The van der Waals surface area contributed by atoms with Crippen LogP contribution in [0.1, 0.15) is 47.2 Å². The fourth-order valence-electron chi connectivity index (χ4n) is 12.2. The maximum atomic E-state index is 2.60. The van der Waals surface area contributed by atoms with Gasteiger partial charge < -0.3 is 9.47 Å². The Morgan fingerprint density at radius 2 is 1.02 bits per heavy atom. The van der Waals surface area contributed by atoms with Crippen LogP contribution in [0.15, 0.2) is 206 Å². The zero-order valence-corrected chi connectivity index (χ0v) is 37.0. The van der Waals surface area contributed by atoms with Crippen LogP contribution in [-0.4, -0.2) is 12.6 Å². The van der Waals surface area contributed by atoms with Gasteiger partial charge in [-0.15, -0.1) is 0 Å². The van der Waals surface area contributed by atoms with E-state index in [1.807, 2.05) is 0 Å². The van der Waals surface area contributed by atoms with Gasteiger partial charge in [-0.25, -0.2) is 0 Å². The maximum Gasteiger partial charge on any atom is 0.113 e. The summed E-state index contributed by atoms with van der Waals surface area (Å²) >= 11 is 0. The predicted octanol–water partition coefficient (Wildman–Crippen LogP) is 14.1. The number of benzene rings is 9. The molecule has 2 nitrogen and oxygen atoms in total. The van der Waals surface area contributed by atoms with Gasteiger partial charge in [0.25, 0.3) is 0 Å². The van der Waals surface area contributed by atoms with Crippen molar-refractivity contribution >= 4 is 57.3 Å². The Labute approximate surface area is 370 Å². The highest BCUT2D eigenvalue weighted by Crippen LogP contribution is 2.57. The molecule has 1 spiro atoms. The van der Waals surface area contributed by atoms with Crippen LogP contribution in [0.4, 0.5) is 17.1 Å². The topological polar surface area (TPSA) is 8.17 Å². The fraction of sp³-hybridized carbons (Fsp3) is 0.100. The second kappa shape index (κ2) is 12.9. The summed E-state index contributed by atoms with van der Waals surface area (Å²) in [5.41, 5.74) is 19.9. The average Bonchev–Trinajstić information content (AvgIpc) is 3.78. The molecule has 1 aliphatic carbocycles. The van der Waals surface area contributed by atoms with Crippen LogP contribution in [-0.2, 0) is 10.8 Å². The van der Waals surface area contributed by atoms with Gasteiger partial charge in [-0.1, -0.05) is 191 Å². The molecule has 63 heavy (non-hydrogen) atoms. The Bertz CT molecular complexity index is 3540. The summed E-state index contributed by atoms with van der Waals surface area (Å²) in [6.07, 6.45) is 0. The second-order valence-electron chi connectivity index (χ2n) is 18.8. The summed E-state index contributed by atoms with van der Waals surface area (Å²) in [6, 6.07) is 78.3. The first-order chi connectivity index (χ1) is 30.8. The Morgan fingerprint density at radius 1 is 0.429 bits per heavy atom. The van der Waals surface area contributed by atoms with Gasteiger partial charge in [0.05, 0.1) is 27.8 Å². The molecule has 3 aliphatic rings. The van der Waals surface area contributed by atoms with Crippen molar-refractivity contribution in [3.8, 4) is 27.9 Å². The number of nitrogens with zero attached hydrogens (tertiary/aromatic N) is 2. The quantitative estimate of drug-likeness (QED) is 0.161. The van der Waals surface area contributed by atoms with E-state index in [1.54, 1.807) is 0 Å². The van der Waals surface area contributed by atoms with Crippen LogP contribution in [0.2, 0.25) is 13.1 Å². The van der Waals surface area contributed by atoms with Crippen molar-refractivity contribution in [1.29, 1.82) is 0 Å². The van der Waals surface area contributed by atoms with E-state index >= 15 is 0 Å². The van der Waals surface area contributed by atoms with E-state index in [1.165, 1.54) is 93.5 Å². The van der Waals surface area contributed by atoms with Crippen molar-refractivity contribution in [1.82, 2.24) is 4.57 Å². The van der Waals surface area contributed by atoms with Gasteiger partial charge in [0, 0.05) is 33.1 Å². The predicted molar refractivity (Wildman–Crippen MR) is 267 cm³/mol. The molecular formula is C60H46N2Si. The minimum absolute atomic E-state index is 0.144. The van der Waals surface area contributed by atoms with Gasteiger partial charge in [0.1, 0.15) is 8.07 Å². The monoisotopic (exact) mass is 822 g/mol. The fourth-order valence-corrected chi connectivity index (χ4v) is 15.4. The second-order valence-corrected chi connectivity index (χ2v) is 23.2. The lowest BCUT2D eigenvalue weighted by atomic mass is 9.62. The average molecular weight is 823 g/mol. The molecule has 3 heteroatoms. The van der Waals surface area contributed by atoms with E-state index in [4.69, 9.17) is 0 Å². The number of aromatic nitrogens is 1. The Kier molecular flexibility index (Phi) is 7.47. The van der Waals surface area contributed by atoms with Crippen molar-refractivity contribution in [3.63, 3.8) is 0 Å². The number of hydrogen-bond acceptors (Lipinski definition) is 1. The molecule has 0 amide bonds. The first-order valence-corrected chi connectivity index (χ1v) is 25.4. The van der Waals surface area contributed by atoms with E-state index in [9.17, 15) is 0 Å². The van der Waals surface area contributed by atoms with Crippen molar-refractivity contribution in [2.24, 2.45) is 0 Å². The minimum atomic E-state index is -2.24. The zero-order valence-electron chi connectivity index (χ0n) is 36.0. The van der Waals surface area contributed by atoms with Crippen molar-refractivity contribution in [2.75, 3.05) is 4.90 Å². The summed E-state index contributed by atoms with van der Waals surface area (Å²) in [5.74, 6) is 0. The van der Waals surface area contributed by atoms with Crippen LogP contribution in [0, 0.1) is 0 Å². The van der Waals surface area contributed by atoms with Crippen LogP contribution >= 0.6 is 0 Å². The van der Waals surface area contributed by atoms with E-state index < -0.39 is 13.5 Å².